The van der Waals surface area contributed by atoms with Crippen LogP contribution in [0.15, 0.2) is 54.6 Å². The predicted octanol–water partition coefficient (Wildman–Crippen LogP) is 5.01. The van der Waals surface area contributed by atoms with Gasteiger partial charge in [-0.15, -0.1) is 0 Å². The molecule has 1 aliphatic rings. The van der Waals surface area contributed by atoms with E-state index in [0.29, 0.717) is 6.61 Å². The van der Waals surface area contributed by atoms with E-state index in [-0.39, 0.29) is 0 Å². The Morgan fingerprint density at radius 3 is 2.45 bits per heavy atom. The van der Waals surface area contributed by atoms with Crippen molar-refractivity contribution >= 4 is 14.1 Å². The Hall–Kier alpha value is -2.00. The third kappa shape index (κ3) is 3.42. The van der Waals surface area contributed by atoms with Crippen LogP contribution in [0.1, 0.15) is 16.7 Å². The zero-order valence-corrected chi connectivity index (χ0v) is 14.4. The number of rotatable bonds is 5. The maximum atomic E-state index is 6.19. The number of fused-ring (bicyclic) bond motifs is 1. The molecule has 22 heavy (non-hydrogen) atoms. The highest BCUT2D eigenvalue weighted by atomic mass is 28.4. The van der Waals surface area contributed by atoms with E-state index in [2.05, 4.69) is 43.9 Å². The zero-order valence-electron chi connectivity index (χ0n) is 13.4. The van der Waals surface area contributed by atoms with E-state index in [9.17, 15) is 0 Å². The summed E-state index contributed by atoms with van der Waals surface area (Å²) in [6, 6.07) is 16.5. The SMILES string of the molecule is C[Si](C)(C)OC1=CCc2c(OCc3ccccc3)cccc21. The van der Waals surface area contributed by atoms with Crippen molar-refractivity contribution in [3.63, 3.8) is 0 Å². The summed E-state index contributed by atoms with van der Waals surface area (Å²) in [5.41, 5.74) is 3.62. The Morgan fingerprint density at radius 2 is 1.73 bits per heavy atom. The van der Waals surface area contributed by atoms with Gasteiger partial charge in [0.25, 0.3) is 0 Å². The third-order valence-corrected chi connectivity index (χ3v) is 4.38. The first-order valence-electron chi connectivity index (χ1n) is 7.71. The Labute approximate surface area is 133 Å². The Kier molecular flexibility index (Phi) is 4.07. The van der Waals surface area contributed by atoms with Crippen molar-refractivity contribution < 1.29 is 9.16 Å². The van der Waals surface area contributed by atoms with Crippen LogP contribution in [0.3, 0.4) is 0 Å². The molecule has 3 rings (SSSR count). The summed E-state index contributed by atoms with van der Waals surface area (Å²) < 4.78 is 12.2. The molecular formula is C19H22O2Si. The highest BCUT2D eigenvalue weighted by Crippen LogP contribution is 2.36. The third-order valence-electron chi connectivity index (χ3n) is 3.54. The van der Waals surface area contributed by atoms with E-state index in [1.165, 1.54) is 16.7 Å². The van der Waals surface area contributed by atoms with Gasteiger partial charge in [0.15, 0.2) is 0 Å². The van der Waals surface area contributed by atoms with Gasteiger partial charge in [-0.2, -0.15) is 0 Å². The summed E-state index contributed by atoms with van der Waals surface area (Å²) in [6.45, 7) is 7.23. The van der Waals surface area contributed by atoms with E-state index < -0.39 is 8.32 Å². The minimum atomic E-state index is -1.59. The normalized spacial score (nSPS) is 13.5. The highest BCUT2D eigenvalue weighted by molar-refractivity contribution is 6.70. The van der Waals surface area contributed by atoms with Gasteiger partial charge in [-0.05, 0) is 43.8 Å². The second-order valence-corrected chi connectivity index (χ2v) is 11.0. The summed E-state index contributed by atoms with van der Waals surface area (Å²) in [7, 11) is -1.59. The molecule has 0 unspecified atom stereocenters. The fourth-order valence-electron chi connectivity index (χ4n) is 2.61. The van der Waals surface area contributed by atoms with Gasteiger partial charge in [0.2, 0.25) is 8.32 Å². The molecule has 0 heterocycles. The largest absolute Gasteiger partial charge is 0.544 e. The van der Waals surface area contributed by atoms with Gasteiger partial charge >= 0.3 is 0 Å². The smallest absolute Gasteiger partial charge is 0.242 e. The molecule has 0 spiro atoms. The Bertz CT molecular complexity index is 684. The van der Waals surface area contributed by atoms with E-state index in [1.54, 1.807) is 0 Å². The molecule has 3 heteroatoms. The zero-order chi connectivity index (χ0) is 15.6. The van der Waals surface area contributed by atoms with Crippen molar-refractivity contribution in [1.82, 2.24) is 0 Å². The van der Waals surface area contributed by atoms with Gasteiger partial charge in [0.05, 0.1) is 0 Å². The first-order valence-corrected chi connectivity index (χ1v) is 11.1. The standard InChI is InChI=1S/C19H22O2Si/c1-22(2,3)21-19-13-12-17-16(19)10-7-11-18(17)20-14-15-8-5-4-6-9-15/h4-11,13H,12,14H2,1-3H3. The number of ether oxygens (including phenoxy) is 1. The average molecular weight is 310 g/mol. The lowest BCUT2D eigenvalue weighted by Gasteiger charge is -2.21. The van der Waals surface area contributed by atoms with Crippen molar-refractivity contribution in [2.75, 3.05) is 0 Å². The van der Waals surface area contributed by atoms with Crippen LogP contribution in [0.4, 0.5) is 0 Å². The molecular weight excluding hydrogens is 288 g/mol. The lowest BCUT2D eigenvalue weighted by molar-refractivity contribution is 0.303. The Morgan fingerprint density at radius 1 is 0.955 bits per heavy atom. The van der Waals surface area contributed by atoms with Crippen LogP contribution in [0, 0.1) is 0 Å². The summed E-state index contributed by atoms with van der Waals surface area (Å²) >= 11 is 0. The number of hydrogen-bond acceptors (Lipinski definition) is 2. The van der Waals surface area contributed by atoms with Crippen molar-refractivity contribution in [2.45, 2.75) is 32.7 Å². The molecule has 0 saturated carbocycles. The number of hydrogen-bond donors (Lipinski definition) is 0. The second-order valence-electron chi connectivity index (χ2n) is 6.54. The topological polar surface area (TPSA) is 18.5 Å². The fraction of sp³-hybridized carbons (Fsp3) is 0.263. The second kappa shape index (κ2) is 6.01. The molecule has 0 aliphatic heterocycles. The summed E-state index contributed by atoms with van der Waals surface area (Å²) in [4.78, 5) is 0. The lowest BCUT2D eigenvalue weighted by atomic mass is 10.1. The van der Waals surface area contributed by atoms with Crippen LogP contribution in [0.25, 0.3) is 5.76 Å². The van der Waals surface area contributed by atoms with Gasteiger partial charge in [-0.3, -0.25) is 0 Å². The van der Waals surface area contributed by atoms with Gasteiger partial charge in [0, 0.05) is 11.1 Å². The predicted molar refractivity (Wildman–Crippen MR) is 93.3 cm³/mol. The van der Waals surface area contributed by atoms with Crippen molar-refractivity contribution in [2.24, 2.45) is 0 Å². The van der Waals surface area contributed by atoms with Crippen molar-refractivity contribution in [3.8, 4) is 5.75 Å². The van der Waals surface area contributed by atoms with E-state index >= 15 is 0 Å². The van der Waals surface area contributed by atoms with Gasteiger partial charge < -0.3 is 9.16 Å². The summed E-state index contributed by atoms with van der Waals surface area (Å²) in [6.07, 6.45) is 3.07. The number of allylic oxidation sites excluding steroid dienone is 1. The fourth-order valence-corrected chi connectivity index (χ4v) is 3.46. The molecule has 1 aliphatic carbocycles. The summed E-state index contributed by atoms with van der Waals surface area (Å²) in [5, 5.41) is 0. The molecule has 0 bridgehead atoms. The van der Waals surface area contributed by atoms with Crippen molar-refractivity contribution in [3.05, 3.63) is 71.3 Å². The van der Waals surface area contributed by atoms with Crippen LogP contribution in [0.5, 0.6) is 5.75 Å². The minimum absolute atomic E-state index is 0.599. The molecule has 0 amide bonds. The van der Waals surface area contributed by atoms with E-state index in [4.69, 9.17) is 9.16 Å². The molecule has 0 radical (unpaired) electrons. The minimum Gasteiger partial charge on any atom is -0.544 e. The van der Waals surface area contributed by atoms with Crippen LogP contribution < -0.4 is 4.74 Å². The maximum absolute atomic E-state index is 6.19. The average Bonchev–Trinajstić information content (AvgIpc) is 2.88. The van der Waals surface area contributed by atoms with Gasteiger partial charge in [-0.25, -0.2) is 0 Å². The molecule has 2 aromatic carbocycles. The first kappa shape index (κ1) is 14.9. The van der Waals surface area contributed by atoms with Crippen molar-refractivity contribution in [1.29, 1.82) is 0 Å². The lowest BCUT2D eigenvalue weighted by Crippen LogP contribution is -2.24. The molecule has 0 fully saturated rings. The van der Waals surface area contributed by atoms with Gasteiger partial charge in [0.1, 0.15) is 18.1 Å². The van der Waals surface area contributed by atoms with Crippen LogP contribution in [0.2, 0.25) is 19.6 Å². The molecule has 2 nitrogen and oxygen atoms in total. The maximum Gasteiger partial charge on any atom is 0.242 e. The van der Waals surface area contributed by atoms with Crippen LogP contribution in [-0.4, -0.2) is 8.32 Å². The molecule has 2 aromatic rings. The molecule has 0 saturated heterocycles. The van der Waals surface area contributed by atoms with Crippen LogP contribution in [-0.2, 0) is 17.5 Å². The highest BCUT2D eigenvalue weighted by Gasteiger charge is 2.24. The monoisotopic (exact) mass is 310 g/mol. The van der Waals surface area contributed by atoms with E-state index in [1.807, 2.05) is 30.3 Å². The molecule has 0 atom stereocenters. The first-order chi connectivity index (χ1) is 10.5. The van der Waals surface area contributed by atoms with Crippen LogP contribution >= 0.6 is 0 Å². The number of benzene rings is 2. The quantitative estimate of drug-likeness (QED) is 0.722. The molecule has 0 aromatic heterocycles. The molecule has 0 N–H and O–H groups in total. The van der Waals surface area contributed by atoms with Gasteiger partial charge in [-0.1, -0.05) is 42.5 Å². The molecule has 114 valence electrons. The van der Waals surface area contributed by atoms with E-state index in [0.717, 1.165) is 17.9 Å². The Balaban J connectivity index is 1.76. The summed E-state index contributed by atoms with van der Waals surface area (Å²) in [5.74, 6) is 1.99.